The zero-order chi connectivity index (χ0) is 11.7. The van der Waals surface area contributed by atoms with Crippen LogP contribution in [0.1, 0.15) is 12.0 Å². The van der Waals surface area contributed by atoms with Crippen LogP contribution in [-0.4, -0.2) is 11.1 Å². The highest BCUT2D eigenvalue weighted by Gasteiger charge is 2.09. The highest BCUT2D eigenvalue weighted by molar-refractivity contribution is 5.51. The van der Waals surface area contributed by atoms with Crippen molar-refractivity contribution in [3.8, 4) is 0 Å². The molecular weight excluding hydrogens is 210 g/mol. The molecule has 1 unspecified atom stereocenters. The zero-order valence-corrected chi connectivity index (χ0v) is 9.77. The Kier molecular flexibility index (Phi) is 2.44. The van der Waals surface area contributed by atoms with Crippen LogP contribution in [0.4, 0.5) is 5.69 Å². The number of H-pyrrole nitrogens is 1. The number of fused-ring (bicyclic) bond motifs is 1. The Hall–Kier alpha value is -2.03. The molecule has 0 fully saturated rings. The summed E-state index contributed by atoms with van der Waals surface area (Å²) in [5.74, 6) is 0. The summed E-state index contributed by atoms with van der Waals surface area (Å²) in [7, 11) is 0. The third-order valence-electron chi connectivity index (χ3n) is 3.07. The van der Waals surface area contributed by atoms with Crippen molar-refractivity contribution in [3.63, 3.8) is 0 Å². The Bertz CT molecular complexity index is 639. The number of aryl methyl sites for hydroxylation is 1. The number of anilines is 1. The fourth-order valence-corrected chi connectivity index (χ4v) is 2.10. The monoisotopic (exact) mass is 225 g/mol. The molecule has 0 bridgehead atoms. The van der Waals surface area contributed by atoms with Gasteiger partial charge in [0.05, 0.1) is 0 Å². The molecule has 0 saturated heterocycles. The number of benzene rings is 1. The quantitative estimate of drug-likeness (QED) is 0.800. The third kappa shape index (κ3) is 1.96. The maximum atomic E-state index is 4.64. The van der Waals surface area contributed by atoms with E-state index < -0.39 is 0 Å². The minimum absolute atomic E-state index is 0.127. The van der Waals surface area contributed by atoms with Crippen molar-refractivity contribution in [1.82, 2.24) is 4.98 Å². The summed E-state index contributed by atoms with van der Waals surface area (Å²) >= 11 is 0. The Balaban J connectivity index is 1.87. The standard InChI is InChI=1S/C14H15N3/c1-10-4-2-3-5-12(10)16-13-7-6-11-8-9-15-14(11)17-13/h2-6,8-9,13,16H,7H2,1H3,(H,15,17). The van der Waals surface area contributed by atoms with E-state index in [-0.39, 0.29) is 6.17 Å². The highest BCUT2D eigenvalue weighted by atomic mass is 15.1. The molecule has 0 radical (unpaired) electrons. The van der Waals surface area contributed by atoms with E-state index in [9.17, 15) is 0 Å². The first-order chi connectivity index (χ1) is 8.33. The van der Waals surface area contributed by atoms with E-state index in [1.807, 2.05) is 18.3 Å². The lowest BCUT2D eigenvalue weighted by molar-refractivity contribution is 0.743. The molecule has 1 aromatic heterocycles. The minimum Gasteiger partial charge on any atom is -0.363 e. The minimum atomic E-state index is 0.127. The number of nitrogens with one attached hydrogen (secondary N) is 2. The fraction of sp³-hybridized carbons (Fsp3) is 0.214. The molecule has 2 heterocycles. The van der Waals surface area contributed by atoms with E-state index in [1.165, 1.54) is 10.8 Å². The third-order valence-corrected chi connectivity index (χ3v) is 3.07. The van der Waals surface area contributed by atoms with Gasteiger partial charge in [0.25, 0.3) is 0 Å². The lowest BCUT2D eigenvalue weighted by atomic mass is 10.2. The number of rotatable bonds is 2. The second kappa shape index (κ2) is 4.09. The number of para-hydroxylation sites is 1. The van der Waals surface area contributed by atoms with E-state index in [1.54, 1.807) is 0 Å². The average Bonchev–Trinajstić information content (AvgIpc) is 2.79. The Morgan fingerprint density at radius 2 is 2.18 bits per heavy atom. The molecule has 3 rings (SSSR count). The Labute approximate surface area is 99.9 Å². The van der Waals surface area contributed by atoms with Crippen LogP contribution in [0, 0.1) is 6.92 Å². The van der Waals surface area contributed by atoms with E-state index in [2.05, 4.69) is 46.5 Å². The zero-order valence-electron chi connectivity index (χ0n) is 9.77. The topological polar surface area (TPSA) is 40.2 Å². The Morgan fingerprint density at radius 1 is 1.29 bits per heavy atom. The summed E-state index contributed by atoms with van der Waals surface area (Å²) in [6, 6.07) is 10.3. The van der Waals surface area contributed by atoms with E-state index >= 15 is 0 Å². The molecule has 17 heavy (non-hydrogen) atoms. The van der Waals surface area contributed by atoms with Crippen LogP contribution in [0.25, 0.3) is 6.08 Å². The van der Waals surface area contributed by atoms with Gasteiger partial charge in [-0.2, -0.15) is 0 Å². The van der Waals surface area contributed by atoms with Gasteiger partial charge in [0, 0.05) is 23.5 Å². The number of hydrogen-bond donors (Lipinski definition) is 2. The van der Waals surface area contributed by atoms with Crippen molar-refractivity contribution in [2.75, 3.05) is 5.32 Å². The van der Waals surface area contributed by atoms with Crippen molar-refractivity contribution < 1.29 is 0 Å². The van der Waals surface area contributed by atoms with Crippen LogP contribution in [0.2, 0.25) is 0 Å². The Morgan fingerprint density at radius 3 is 3.06 bits per heavy atom. The molecule has 3 nitrogen and oxygen atoms in total. The molecule has 1 atom stereocenters. The number of nitrogens with zero attached hydrogens (tertiary/aromatic N) is 1. The highest BCUT2D eigenvalue weighted by Crippen LogP contribution is 2.16. The normalized spacial score (nSPS) is 17.8. The van der Waals surface area contributed by atoms with Crippen LogP contribution in [0.5, 0.6) is 0 Å². The fourth-order valence-electron chi connectivity index (χ4n) is 2.10. The van der Waals surface area contributed by atoms with Crippen molar-refractivity contribution in [1.29, 1.82) is 0 Å². The number of hydrogen-bond acceptors (Lipinski definition) is 2. The van der Waals surface area contributed by atoms with Gasteiger partial charge in [-0.25, -0.2) is 4.99 Å². The first-order valence-corrected chi connectivity index (χ1v) is 5.86. The van der Waals surface area contributed by atoms with Gasteiger partial charge in [0.15, 0.2) is 0 Å². The van der Waals surface area contributed by atoms with Gasteiger partial charge in [-0.15, -0.1) is 0 Å². The summed E-state index contributed by atoms with van der Waals surface area (Å²) < 4.78 is 0. The van der Waals surface area contributed by atoms with Crippen molar-refractivity contribution in [2.24, 2.45) is 4.99 Å². The predicted molar refractivity (Wildman–Crippen MR) is 69.2 cm³/mol. The van der Waals surface area contributed by atoms with Crippen molar-refractivity contribution >= 4 is 11.8 Å². The van der Waals surface area contributed by atoms with Gasteiger partial charge in [-0.05, 0) is 24.6 Å². The summed E-state index contributed by atoms with van der Waals surface area (Å²) in [5.41, 5.74) is 3.38. The van der Waals surface area contributed by atoms with Crippen LogP contribution in [-0.2, 0) is 0 Å². The molecule has 1 aliphatic heterocycles. The molecule has 2 aromatic rings. The summed E-state index contributed by atoms with van der Waals surface area (Å²) in [6.45, 7) is 2.11. The van der Waals surface area contributed by atoms with Crippen molar-refractivity contribution in [3.05, 3.63) is 52.8 Å². The predicted octanol–water partition coefficient (Wildman–Crippen LogP) is 1.57. The summed E-state index contributed by atoms with van der Waals surface area (Å²) in [6.07, 6.45) is 5.21. The molecule has 0 aliphatic carbocycles. The van der Waals surface area contributed by atoms with E-state index in [0.29, 0.717) is 0 Å². The number of aromatic nitrogens is 1. The molecule has 0 spiro atoms. The van der Waals surface area contributed by atoms with E-state index in [4.69, 9.17) is 0 Å². The maximum Gasteiger partial charge on any atom is 0.134 e. The molecule has 86 valence electrons. The van der Waals surface area contributed by atoms with Crippen molar-refractivity contribution in [2.45, 2.75) is 19.5 Å². The van der Waals surface area contributed by atoms with Gasteiger partial charge in [-0.1, -0.05) is 24.3 Å². The summed E-state index contributed by atoms with van der Waals surface area (Å²) in [4.78, 5) is 7.79. The second-order valence-corrected chi connectivity index (χ2v) is 4.33. The van der Waals surface area contributed by atoms with Crippen LogP contribution in [0.3, 0.4) is 0 Å². The second-order valence-electron chi connectivity index (χ2n) is 4.33. The summed E-state index contributed by atoms with van der Waals surface area (Å²) in [5, 5.41) is 4.66. The van der Waals surface area contributed by atoms with Crippen LogP contribution >= 0.6 is 0 Å². The maximum absolute atomic E-state index is 4.64. The lowest BCUT2D eigenvalue weighted by Gasteiger charge is -2.17. The van der Waals surface area contributed by atoms with Gasteiger partial charge in [0.2, 0.25) is 0 Å². The van der Waals surface area contributed by atoms with Gasteiger partial charge < -0.3 is 10.3 Å². The first kappa shape index (κ1) is 10.1. The first-order valence-electron chi connectivity index (χ1n) is 5.86. The van der Waals surface area contributed by atoms with Crippen LogP contribution in [0.15, 0.2) is 41.5 Å². The lowest BCUT2D eigenvalue weighted by Crippen LogP contribution is -2.33. The molecule has 1 aliphatic rings. The average molecular weight is 225 g/mol. The van der Waals surface area contributed by atoms with E-state index in [0.717, 1.165) is 17.6 Å². The molecule has 2 N–H and O–H groups in total. The molecule has 0 saturated carbocycles. The van der Waals surface area contributed by atoms with Gasteiger partial charge in [0.1, 0.15) is 11.7 Å². The molecule has 1 aromatic carbocycles. The number of aromatic amines is 1. The van der Waals surface area contributed by atoms with Gasteiger partial charge in [-0.3, -0.25) is 0 Å². The van der Waals surface area contributed by atoms with Gasteiger partial charge >= 0.3 is 0 Å². The smallest absolute Gasteiger partial charge is 0.134 e. The molecular formula is C14H15N3. The largest absolute Gasteiger partial charge is 0.363 e. The molecule has 3 heteroatoms. The van der Waals surface area contributed by atoms with Crippen LogP contribution < -0.4 is 16.0 Å². The molecule has 0 amide bonds. The SMILES string of the molecule is Cc1ccccc1NC1CC=c2cc[nH]c2=N1.